The molecule has 178 valence electrons. The molecule has 0 aliphatic heterocycles. The second kappa shape index (κ2) is 11.4. The maximum atomic E-state index is 13.1. The third-order valence-electron chi connectivity index (χ3n) is 5.71. The van der Waals surface area contributed by atoms with Gasteiger partial charge in [-0.15, -0.1) is 0 Å². The summed E-state index contributed by atoms with van der Waals surface area (Å²) < 4.78 is 27.2. The molecule has 0 bridgehead atoms. The van der Waals surface area contributed by atoms with Crippen molar-refractivity contribution in [1.29, 1.82) is 0 Å². The highest BCUT2D eigenvalue weighted by molar-refractivity contribution is 7.89. The van der Waals surface area contributed by atoms with E-state index < -0.39 is 16.1 Å². The Bertz CT molecular complexity index is 1030. The third kappa shape index (κ3) is 7.40. The summed E-state index contributed by atoms with van der Waals surface area (Å²) in [4.78, 5) is 26.1. The summed E-state index contributed by atoms with van der Waals surface area (Å²) in [5.74, 6) is -0.464. The molecule has 0 saturated heterocycles. The summed E-state index contributed by atoms with van der Waals surface area (Å²) in [5, 5.41) is 5.78. The number of carbonyl (C=O) groups is 2. The first-order valence-electron chi connectivity index (χ1n) is 11.5. The van der Waals surface area contributed by atoms with Gasteiger partial charge in [-0.25, -0.2) is 13.1 Å². The lowest BCUT2D eigenvalue weighted by molar-refractivity contribution is -0.130. The van der Waals surface area contributed by atoms with Crippen LogP contribution in [0, 0.1) is 5.92 Å². The number of sulfonamides is 1. The van der Waals surface area contributed by atoms with E-state index in [9.17, 15) is 18.0 Å². The van der Waals surface area contributed by atoms with E-state index in [-0.39, 0.29) is 28.7 Å². The number of hydrogen-bond acceptors (Lipinski definition) is 4. The molecule has 8 heteroatoms. The van der Waals surface area contributed by atoms with Crippen molar-refractivity contribution < 1.29 is 18.0 Å². The van der Waals surface area contributed by atoms with Crippen LogP contribution >= 0.6 is 0 Å². The minimum absolute atomic E-state index is 0.0530. The van der Waals surface area contributed by atoms with E-state index in [1.807, 2.05) is 30.3 Å². The van der Waals surface area contributed by atoms with Gasteiger partial charge in [0.1, 0.15) is 6.04 Å². The van der Waals surface area contributed by atoms with Gasteiger partial charge in [-0.3, -0.25) is 9.59 Å². The number of carbonyl (C=O) groups excluding carboxylic acids is 2. The highest BCUT2D eigenvalue weighted by Gasteiger charge is 2.27. The zero-order valence-corrected chi connectivity index (χ0v) is 20.0. The Morgan fingerprint density at radius 3 is 2.18 bits per heavy atom. The number of benzene rings is 2. The van der Waals surface area contributed by atoms with Gasteiger partial charge in [0.2, 0.25) is 21.8 Å². The van der Waals surface area contributed by atoms with Crippen LogP contribution in [-0.4, -0.2) is 32.3 Å². The number of nitrogens with one attached hydrogen (secondary N) is 3. The fraction of sp³-hybridized carbons (Fsp3) is 0.440. The number of amides is 2. The second-order valence-electron chi connectivity index (χ2n) is 8.88. The molecule has 1 fully saturated rings. The lowest BCUT2D eigenvalue weighted by Crippen LogP contribution is -2.47. The monoisotopic (exact) mass is 471 g/mol. The SMILES string of the molecule is CC(C)NS(=O)(=O)c1ccc(NC(=O)C(Cc2ccccc2)NC(=O)C2CCCCC2)cc1. The van der Waals surface area contributed by atoms with Crippen LogP contribution in [0.2, 0.25) is 0 Å². The van der Waals surface area contributed by atoms with Crippen LogP contribution in [0.25, 0.3) is 0 Å². The van der Waals surface area contributed by atoms with Crippen LogP contribution in [0.15, 0.2) is 59.5 Å². The molecule has 3 rings (SSSR count). The quantitative estimate of drug-likeness (QED) is 0.520. The predicted molar refractivity (Wildman–Crippen MR) is 129 cm³/mol. The minimum Gasteiger partial charge on any atom is -0.344 e. The molecule has 0 heterocycles. The molecular weight excluding hydrogens is 438 g/mol. The van der Waals surface area contributed by atoms with Gasteiger partial charge >= 0.3 is 0 Å². The fourth-order valence-corrected chi connectivity index (χ4v) is 5.29. The van der Waals surface area contributed by atoms with E-state index in [0.717, 1.165) is 37.7 Å². The van der Waals surface area contributed by atoms with Crippen LogP contribution in [0.1, 0.15) is 51.5 Å². The molecule has 0 spiro atoms. The van der Waals surface area contributed by atoms with E-state index in [2.05, 4.69) is 15.4 Å². The summed E-state index contributed by atoms with van der Waals surface area (Å²) >= 11 is 0. The van der Waals surface area contributed by atoms with Crippen molar-refractivity contribution in [2.45, 2.75) is 69.4 Å². The van der Waals surface area contributed by atoms with Crippen LogP contribution in [-0.2, 0) is 26.0 Å². The third-order valence-corrected chi connectivity index (χ3v) is 7.39. The number of rotatable bonds is 9. The van der Waals surface area contributed by atoms with Crippen molar-refractivity contribution in [2.75, 3.05) is 5.32 Å². The number of hydrogen-bond donors (Lipinski definition) is 3. The fourth-order valence-electron chi connectivity index (χ4n) is 4.04. The van der Waals surface area contributed by atoms with Crippen LogP contribution in [0.3, 0.4) is 0 Å². The van der Waals surface area contributed by atoms with Crippen molar-refractivity contribution in [1.82, 2.24) is 10.0 Å². The van der Waals surface area contributed by atoms with Gasteiger partial charge in [0.05, 0.1) is 4.90 Å². The topological polar surface area (TPSA) is 104 Å². The first-order valence-corrected chi connectivity index (χ1v) is 13.0. The molecule has 2 aromatic rings. The Morgan fingerprint density at radius 1 is 0.939 bits per heavy atom. The zero-order valence-electron chi connectivity index (χ0n) is 19.2. The van der Waals surface area contributed by atoms with Crippen LogP contribution < -0.4 is 15.4 Å². The lowest BCUT2D eigenvalue weighted by Gasteiger charge is -2.25. The summed E-state index contributed by atoms with van der Waals surface area (Å²) in [7, 11) is -3.61. The van der Waals surface area contributed by atoms with Crippen molar-refractivity contribution in [3.63, 3.8) is 0 Å². The summed E-state index contributed by atoms with van der Waals surface area (Å²) in [6, 6.07) is 14.6. The summed E-state index contributed by atoms with van der Waals surface area (Å²) in [6.07, 6.45) is 5.30. The Morgan fingerprint density at radius 2 is 1.58 bits per heavy atom. The largest absolute Gasteiger partial charge is 0.344 e. The van der Waals surface area contributed by atoms with Crippen molar-refractivity contribution >= 4 is 27.5 Å². The van der Waals surface area contributed by atoms with Gasteiger partial charge in [0.25, 0.3) is 0 Å². The maximum Gasteiger partial charge on any atom is 0.247 e. The van der Waals surface area contributed by atoms with Gasteiger partial charge in [0, 0.05) is 24.1 Å². The highest BCUT2D eigenvalue weighted by Crippen LogP contribution is 2.24. The molecule has 1 aliphatic carbocycles. The molecule has 1 unspecified atom stereocenters. The normalized spacial score (nSPS) is 15.7. The Kier molecular flexibility index (Phi) is 8.63. The molecule has 33 heavy (non-hydrogen) atoms. The van der Waals surface area contributed by atoms with Gasteiger partial charge in [-0.1, -0.05) is 49.6 Å². The highest BCUT2D eigenvalue weighted by atomic mass is 32.2. The smallest absolute Gasteiger partial charge is 0.247 e. The Hall–Kier alpha value is -2.71. The van der Waals surface area contributed by atoms with Crippen molar-refractivity contribution in [2.24, 2.45) is 5.92 Å². The first-order chi connectivity index (χ1) is 15.7. The summed E-state index contributed by atoms with van der Waals surface area (Å²) in [5.41, 5.74) is 1.41. The van der Waals surface area contributed by atoms with E-state index in [1.54, 1.807) is 26.0 Å². The molecule has 1 saturated carbocycles. The Labute approximate surface area is 196 Å². The molecule has 1 atom stereocenters. The van der Waals surface area contributed by atoms with Gasteiger partial charge in [-0.05, 0) is 56.5 Å². The average molecular weight is 472 g/mol. The molecular formula is C25H33N3O4S. The van der Waals surface area contributed by atoms with Gasteiger partial charge in [0.15, 0.2) is 0 Å². The second-order valence-corrected chi connectivity index (χ2v) is 10.6. The molecule has 2 aromatic carbocycles. The van der Waals surface area contributed by atoms with Gasteiger partial charge in [-0.2, -0.15) is 0 Å². The van der Waals surface area contributed by atoms with E-state index >= 15 is 0 Å². The standard InChI is InChI=1S/C25H33N3O4S/c1-18(2)28-33(31,32)22-15-13-21(14-16-22)26-25(30)23(17-19-9-5-3-6-10-19)27-24(29)20-11-7-4-8-12-20/h3,5-6,9-10,13-16,18,20,23,28H,4,7-8,11-12,17H2,1-2H3,(H,26,30)(H,27,29). The number of anilines is 1. The van der Waals surface area contributed by atoms with E-state index in [4.69, 9.17) is 0 Å². The maximum absolute atomic E-state index is 13.1. The van der Waals surface area contributed by atoms with Crippen LogP contribution in [0.5, 0.6) is 0 Å². The Balaban J connectivity index is 1.71. The first kappa shape index (κ1) is 24.9. The van der Waals surface area contributed by atoms with Crippen molar-refractivity contribution in [3.05, 3.63) is 60.2 Å². The average Bonchev–Trinajstić information content (AvgIpc) is 2.79. The lowest BCUT2D eigenvalue weighted by atomic mass is 9.88. The predicted octanol–water partition coefficient (Wildman–Crippen LogP) is 3.62. The zero-order chi connectivity index (χ0) is 23.8. The summed E-state index contributed by atoms with van der Waals surface area (Å²) in [6.45, 7) is 3.50. The van der Waals surface area contributed by atoms with E-state index in [1.165, 1.54) is 12.1 Å². The molecule has 0 aromatic heterocycles. The molecule has 2 amide bonds. The molecule has 7 nitrogen and oxygen atoms in total. The minimum atomic E-state index is -3.61. The van der Waals surface area contributed by atoms with E-state index in [0.29, 0.717) is 12.1 Å². The molecule has 1 aliphatic rings. The molecule has 0 radical (unpaired) electrons. The van der Waals surface area contributed by atoms with Crippen molar-refractivity contribution in [3.8, 4) is 0 Å². The van der Waals surface area contributed by atoms with Crippen LogP contribution in [0.4, 0.5) is 5.69 Å². The van der Waals surface area contributed by atoms with Gasteiger partial charge < -0.3 is 10.6 Å². The molecule has 3 N–H and O–H groups in total.